The van der Waals surface area contributed by atoms with Gasteiger partial charge in [0.2, 0.25) is 0 Å². The molecule has 1 saturated heterocycles. The molecule has 2 rings (SSSR count). The second kappa shape index (κ2) is 6.88. The highest BCUT2D eigenvalue weighted by Gasteiger charge is 2.22. The van der Waals surface area contributed by atoms with E-state index in [1.165, 1.54) is 6.20 Å². The van der Waals surface area contributed by atoms with E-state index < -0.39 is 0 Å². The van der Waals surface area contributed by atoms with E-state index in [9.17, 15) is 4.79 Å². The van der Waals surface area contributed by atoms with Gasteiger partial charge in [-0.2, -0.15) is 0 Å². The summed E-state index contributed by atoms with van der Waals surface area (Å²) >= 11 is 5.97. The summed E-state index contributed by atoms with van der Waals surface area (Å²) in [5, 5.41) is 9.15. The molecule has 20 heavy (non-hydrogen) atoms. The van der Waals surface area contributed by atoms with Crippen LogP contribution in [0.25, 0.3) is 0 Å². The summed E-state index contributed by atoms with van der Waals surface area (Å²) in [6.45, 7) is 3.70. The van der Waals surface area contributed by atoms with Gasteiger partial charge in [-0.05, 0) is 19.0 Å². The summed E-state index contributed by atoms with van der Waals surface area (Å²) in [5.41, 5.74) is 6.43. The number of amides is 1. The van der Waals surface area contributed by atoms with Crippen LogP contribution in [0, 0.1) is 0 Å². The summed E-state index contributed by atoms with van der Waals surface area (Å²) in [5.74, 6) is -0.138. The van der Waals surface area contributed by atoms with Crippen LogP contribution in [0.5, 0.6) is 0 Å². The average Bonchev–Trinajstić information content (AvgIpc) is 2.67. The fourth-order valence-electron chi connectivity index (χ4n) is 2.32. The Kier molecular flexibility index (Phi) is 5.17. The molecule has 0 bridgehead atoms. The van der Waals surface area contributed by atoms with Crippen LogP contribution >= 0.6 is 11.6 Å². The van der Waals surface area contributed by atoms with Crippen molar-refractivity contribution in [3.63, 3.8) is 0 Å². The van der Waals surface area contributed by atoms with Crippen molar-refractivity contribution >= 4 is 23.2 Å². The number of rotatable bonds is 3. The van der Waals surface area contributed by atoms with Crippen LogP contribution in [0.15, 0.2) is 12.3 Å². The van der Waals surface area contributed by atoms with Crippen molar-refractivity contribution in [2.24, 2.45) is 0 Å². The zero-order chi connectivity index (χ0) is 14.5. The Bertz CT molecular complexity index is 483. The quantitative estimate of drug-likeness (QED) is 0.792. The number of hydrogen-bond donors (Lipinski definition) is 2. The SMILES string of the molecule is Nc1cnc(Cl)c(C(=O)N2CCCN(CCO)CC2)c1. The normalized spacial score (nSPS) is 17.0. The highest BCUT2D eigenvalue weighted by molar-refractivity contribution is 6.32. The number of hydrogen-bond acceptors (Lipinski definition) is 5. The third-order valence-electron chi connectivity index (χ3n) is 3.38. The lowest BCUT2D eigenvalue weighted by atomic mass is 10.2. The van der Waals surface area contributed by atoms with Gasteiger partial charge >= 0.3 is 0 Å². The molecule has 0 aliphatic carbocycles. The van der Waals surface area contributed by atoms with Gasteiger partial charge in [-0.1, -0.05) is 11.6 Å². The number of nitrogens with two attached hydrogens (primary N) is 1. The molecule has 2 heterocycles. The minimum Gasteiger partial charge on any atom is -0.397 e. The van der Waals surface area contributed by atoms with E-state index in [1.807, 2.05) is 0 Å². The number of β-amino-alcohol motifs (C(OH)–C–C–N with tert-alkyl or cyclic N) is 1. The lowest BCUT2D eigenvalue weighted by Gasteiger charge is -2.22. The number of aromatic nitrogens is 1. The maximum Gasteiger partial charge on any atom is 0.257 e. The molecule has 0 spiro atoms. The summed E-state index contributed by atoms with van der Waals surface area (Å²) in [6, 6.07) is 1.56. The molecular weight excluding hydrogens is 280 g/mol. The second-order valence-electron chi connectivity index (χ2n) is 4.82. The van der Waals surface area contributed by atoms with E-state index in [0.29, 0.717) is 30.9 Å². The molecule has 1 aliphatic rings. The molecule has 0 unspecified atom stereocenters. The Labute approximate surface area is 123 Å². The Morgan fingerprint density at radius 1 is 1.40 bits per heavy atom. The zero-order valence-electron chi connectivity index (χ0n) is 11.3. The van der Waals surface area contributed by atoms with Gasteiger partial charge in [0.05, 0.1) is 24.1 Å². The Morgan fingerprint density at radius 2 is 2.20 bits per heavy atom. The predicted octanol–water partition coefficient (Wildman–Crippen LogP) is 0.457. The van der Waals surface area contributed by atoms with E-state index in [0.717, 1.165) is 19.5 Å². The molecule has 3 N–H and O–H groups in total. The number of aliphatic hydroxyl groups is 1. The van der Waals surface area contributed by atoms with Gasteiger partial charge in [-0.3, -0.25) is 9.69 Å². The Hall–Kier alpha value is -1.37. The van der Waals surface area contributed by atoms with Crippen LogP contribution in [0.1, 0.15) is 16.8 Å². The van der Waals surface area contributed by atoms with Crippen LogP contribution in [-0.2, 0) is 0 Å². The van der Waals surface area contributed by atoms with Gasteiger partial charge in [-0.25, -0.2) is 4.98 Å². The topological polar surface area (TPSA) is 82.7 Å². The van der Waals surface area contributed by atoms with Crippen LogP contribution in [-0.4, -0.2) is 65.1 Å². The lowest BCUT2D eigenvalue weighted by molar-refractivity contribution is 0.0760. The minimum absolute atomic E-state index is 0.138. The van der Waals surface area contributed by atoms with Crippen molar-refractivity contribution in [2.45, 2.75) is 6.42 Å². The zero-order valence-corrected chi connectivity index (χ0v) is 12.0. The molecule has 1 aromatic rings. The van der Waals surface area contributed by atoms with E-state index in [-0.39, 0.29) is 17.7 Å². The highest BCUT2D eigenvalue weighted by Crippen LogP contribution is 2.18. The van der Waals surface area contributed by atoms with Crippen molar-refractivity contribution in [1.82, 2.24) is 14.8 Å². The molecule has 0 radical (unpaired) electrons. The van der Waals surface area contributed by atoms with Gasteiger partial charge in [0, 0.05) is 26.2 Å². The molecule has 1 fully saturated rings. The predicted molar refractivity (Wildman–Crippen MR) is 77.7 cm³/mol. The lowest BCUT2D eigenvalue weighted by Crippen LogP contribution is -2.36. The number of nitrogen functional groups attached to an aromatic ring is 1. The average molecular weight is 299 g/mol. The number of carbonyl (C=O) groups excluding carboxylic acids is 1. The Balaban J connectivity index is 2.07. The third-order valence-corrected chi connectivity index (χ3v) is 3.68. The molecule has 0 aromatic carbocycles. The van der Waals surface area contributed by atoms with Gasteiger partial charge in [0.1, 0.15) is 5.15 Å². The van der Waals surface area contributed by atoms with E-state index in [4.69, 9.17) is 22.4 Å². The van der Waals surface area contributed by atoms with Crippen molar-refractivity contribution in [2.75, 3.05) is 45.1 Å². The van der Waals surface area contributed by atoms with Gasteiger partial charge in [0.15, 0.2) is 0 Å². The number of aliphatic hydroxyl groups excluding tert-OH is 1. The molecule has 110 valence electrons. The molecule has 6 nitrogen and oxygen atoms in total. The maximum absolute atomic E-state index is 12.5. The highest BCUT2D eigenvalue weighted by atomic mass is 35.5. The molecule has 7 heteroatoms. The van der Waals surface area contributed by atoms with Crippen molar-refractivity contribution < 1.29 is 9.90 Å². The first kappa shape index (κ1) is 15.0. The summed E-state index contributed by atoms with van der Waals surface area (Å²) in [6.07, 6.45) is 2.31. The molecule has 1 aromatic heterocycles. The fourth-order valence-corrected chi connectivity index (χ4v) is 2.51. The second-order valence-corrected chi connectivity index (χ2v) is 5.18. The first-order chi connectivity index (χ1) is 9.61. The van der Waals surface area contributed by atoms with Crippen LogP contribution < -0.4 is 5.73 Å². The van der Waals surface area contributed by atoms with E-state index in [2.05, 4.69) is 9.88 Å². The first-order valence-corrected chi connectivity index (χ1v) is 7.03. The summed E-state index contributed by atoms with van der Waals surface area (Å²) in [4.78, 5) is 20.3. The number of carbonyl (C=O) groups is 1. The number of nitrogens with zero attached hydrogens (tertiary/aromatic N) is 3. The molecule has 1 amide bonds. The van der Waals surface area contributed by atoms with Gasteiger partial charge in [-0.15, -0.1) is 0 Å². The van der Waals surface area contributed by atoms with E-state index >= 15 is 0 Å². The van der Waals surface area contributed by atoms with Gasteiger partial charge in [0.25, 0.3) is 5.91 Å². The van der Waals surface area contributed by atoms with Crippen LogP contribution in [0.2, 0.25) is 5.15 Å². The number of pyridine rings is 1. The molecule has 1 aliphatic heterocycles. The first-order valence-electron chi connectivity index (χ1n) is 6.65. The van der Waals surface area contributed by atoms with Crippen molar-refractivity contribution in [3.8, 4) is 0 Å². The fraction of sp³-hybridized carbons (Fsp3) is 0.538. The van der Waals surface area contributed by atoms with Crippen LogP contribution in [0.3, 0.4) is 0 Å². The Morgan fingerprint density at radius 3 is 2.95 bits per heavy atom. The smallest absolute Gasteiger partial charge is 0.257 e. The van der Waals surface area contributed by atoms with Crippen LogP contribution in [0.4, 0.5) is 5.69 Å². The number of anilines is 1. The maximum atomic E-state index is 12.5. The molecular formula is C13H19ClN4O2. The number of halogens is 1. The van der Waals surface area contributed by atoms with Crippen molar-refractivity contribution in [3.05, 3.63) is 23.0 Å². The van der Waals surface area contributed by atoms with Crippen molar-refractivity contribution in [1.29, 1.82) is 0 Å². The van der Waals surface area contributed by atoms with Gasteiger partial charge < -0.3 is 15.7 Å². The minimum atomic E-state index is -0.138. The summed E-state index contributed by atoms with van der Waals surface area (Å²) < 4.78 is 0. The summed E-state index contributed by atoms with van der Waals surface area (Å²) in [7, 11) is 0. The molecule has 0 saturated carbocycles. The van der Waals surface area contributed by atoms with E-state index in [1.54, 1.807) is 11.0 Å². The standard InChI is InChI=1S/C13H19ClN4O2/c14-12-11(8-10(15)9-16-12)13(20)18-3-1-2-17(4-5-18)6-7-19/h8-9,19H,1-7,15H2. The monoisotopic (exact) mass is 298 g/mol. The third kappa shape index (κ3) is 3.59. The molecule has 0 atom stereocenters. The largest absolute Gasteiger partial charge is 0.397 e.